The first-order chi connectivity index (χ1) is 15.4. The maximum absolute atomic E-state index is 13.3. The summed E-state index contributed by atoms with van der Waals surface area (Å²) in [6, 6.07) is 17.0. The molecule has 0 N–H and O–H groups in total. The third-order valence-electron chi connectivity index (χ3n) is 5.79. The highest BCUT2D eigenvalue weighted by Crippen LogP contribution is 2.32. The third-order valence-corrected chi connectivity index (χ3v) is 7.80. The maximum Gasteiger partial charge on any atom is 0.278 e. The first-order valence-corrected chi connectivity index (χ1v) is 11.8. The van der Waals surface area contributed by atoms with Crippen molar-refractivity contribution in [3.8, 4) is 11.6 Å². The lowest BCUT2D eigenvalue weighted by atomic mass is 10.1. The van der Waals surface area contributed by atoms with Crippen molar-refractivity contribution < 1.29 is 12.9 Å². The SMILES string of the molecule is Cc1ccccc1S(=O)(=O)N1CCc2c(c(-c3nc(Cc4ccccc4)no3)nn2C)C1. The van der Waals surface area contributed by atoms with Crippen molar-refractivity contribution in [1.29, 1.82) is 0 Å². The van der Waals surface area contributed by atoms with Gasteiger partial charge in [-0.1, -0.05) is 53.7 Å². The quantitative estimate of drug-likeness (QED) is 0.465. The highest BCUT2D eigenvalue weighted by molar-refractivity contribution is 7.89. The summed E-state index contributed by atoms with van der Waals surface area (Å²) in [6.07, 6.45) is 1.11. The van der Waals surface area contributed by atoms with E-state index in [9.17, 15) is 8.42 Å². The zero-order chi connectivity index (χ0) is 22.3. The molecular weight excluding hydrogens is 426 g/mol. The molecule has 164 valence electrons. The molecule has 9 heteroatoms. The van der Waals surface area contributed by atoms with Crippen molar-refractivity contribution in [2.75, 3.05) is 6.54 Å². The van der Waals surface area contributed by atoms with Crippen LogP contribution in [0.1, 0.15) is 28.2 Å². The van der Waals surface area contributed by atoms with Crippen molar-refractivity contribution >= 4 is 10.0 Å². The number of aryl methyl sites for hydroxylation is 2. The fourth-order valence-corrected chi connectivity index (χ4v) is 5.76. The Morgan fingerprint density at radius 1 is 1.06 bits per heavy atom. The van der Waals surface area contributed by atoms with Crippen LogP contribution in [-0.2, 0) is 36.5 Å². The Kier molecular flexibility index (Phi) is 5.15. The van der Waals surface area contributed by atoms with E-state index in [4.69, 9.17) is 4.52 Å². The Labute approximate surface area is 186 Å². The van der Waals surface area contributed by atoms with Gasteiger partial charge in [-0.05, 0) is 24.1 Å². The summed E-state index contributed by atoms with van der Waals surface area (Å²) in [5, 5.41) is 8.69. The van der Waals surface area contributed by atoms with Crippen LogP contribution in [0.25, 0.3) is 11.6 Å². The minimum Gasteiger partial charge on any atom is -0.332 e. The van der Waals surface area contributed by atoms with Gasteiger partial charge >= 0.3 is 0 Å². The Morgan fingerprint density at radius 3 is 2.59 bits per heavy atom. The van der Waals surface area contributed by atoms with E-state index in [2.05, 4.69) is 15.2 Å². The largest absolute Gasteiger partial charge is 0.332 e. The second kappa shape index (κ2) is 7.99. The first-order valence-electron chi connectivity index (χ1n) is 10.4. The first kappa shape index (κ1) is 20.6. The van der Waals surface area contributed by atoms with Gasteiger partial charge in [0.05, 0.1) is 4.90 Å². The Hall–Kier alpha value is -3.30. The van der Waals surface area contributed by atoms with E-state index in [1.807, 2.05) is 56.4 Å². The molecule has 1 aliphatic heterocycles. The highest BCUT2D eigenvalue weighted by Gasteiger charge is 2.34. The van der Waals surface area contributed by atoms with E-state index in [0.717, 1.165) is 22.4 Å². The number of fused-ring (bicyclic) bond motifs is 1. The molecule has 0 atom stereocenters. The van der Waals surface area contributed by atoms with E-state index in [-0.39, 0.29) is 6.54 Å². The molecule has 32 heavy (non-hydrogen) atoms. The highest BCUT2D eigenvalue weighted by atomic mass is 32.2. The molecule has 0 saturated carbocycles. The molecule has 0 spiro atoms. The molecule has 0 amide bonds. The van der Waals surface area contributed by atoms with Gasteiger partial charge in [-0.25, -0.2) is 8.42 Å². The predicted molar refractivity (Wildman–Crippen MR) is 118 cm³/mol. The van der Waals surface area contributed by atoms with Crippen LogP contribution in [0.5, 0.6) is 0 Å². The minimum absolute atomic E-state index is 0.214. The Morgan fingerprint density at radius 2 is 1.81 bits per heavy atom. The van der Waals surface area contributed by atoms with Gasteiger partial charge in [-0.2, -0.15) is 14.4 Å². The molecule has 2 aromatic heterocycles. The summed E-state index contributed by atoms with van der Waals surface area (Å²) in [6.45, 7) is 2.42. The molecule has 0 saturated heterocycles. The lowest BCUT2D eigenvalue weighted by Gasteiger charge is -2.27. The summed E-state index contributed by atoms with van der Waals surface area (Å²) in [5.74, 6) is 0.869. The summed E-state index contributed by atoms with van der Waals surface area (Å²) < 4.78 is 35.5. The van der Waals surface area contributed by atoms with Gasteiger partial charge in [0.15, 0.2) is 11.5 Å². The van der Waals surface area contributed by atoms with Crippen molar-refractivity contribution in [2.24, 2.45) is 7.05 Å². The van der Waals surface area contributed by atoms with E-state index < -0.39 is 10.0 Å². The number of sulfonamides is 1. The van der Waals surface area contributed by atoms with Gasteiger partial charge < -0.3 is 4.52 Å². The van der Waals surface area contributed by atoms with Crippen molar-refractivity contribution in [3.63, 3.8) is 0 Å². The number of benzene rings is 2. The Balaban J connectivity index is 1.46. The van der Waals surface area contributed by atoms with Gasteiger partial charge in [-0.3, -0.25) is 4.68 Å². The van der Waals surface area contributed by atoms with E-state index in [1.165, 1.54) is 4.31 Å². The van der Waals surface area contributed by atoms with E-state index >= 15 is 0 Å². The number of rotatable bonds is 5. The molecule has 1 aliphatic rings. The normalized spacial score (nSPS) is 14.4. The lowest BCUT2D eigenvalue weighted by molar-refractivity contribution is 0.384. The topological polar surface area (TPSA) is 94.1 Å². The van der Waals surface area contributed by atoms with Gasteiger partial charge in [0.2, 0.25) is 10.0 Å². The molecule has 4 aromatic rings. The van der Waals surface area contributed by atoms with Crippen LogP contribution in [0.15, 0.2) is 64.0 Å². The zero-order valence-corrected chi connectivity index (χ0v) is 18.7. The smallest absolute Gasteiger partial charge is 0.278 e. The van der Waals surface area contributed by atoms with Crippen molar-refractivity contribution in [2.45, 2.75) is 31.2 Å². The van der Waals surface area contributed by atoms with Gasteiger partial charge in [-0.15, -0.1) is 0 Å². The molecule has 3 heterocycles. The van der Waals surface area contributed by atoms with Crippen LogP contribution in [0, 0.1) is 6.92 Å². The molecule has 0 fully saturated rings. The molecular formula is C23H23N5O3S. The second-order valence-electron chi connectivity index (χ2n) is 7.93. The summed E-state index contributed by atoms with van der Waals surface area (Å²) in [7, 11) is -1.77. The molecule has 8 nitrogen and oxygen atoms in total. The maximum atomic E-state index is 13.3. The standard InChI is InChI=1S/C23H23N5O3S/c1-16-8-6-7-11-20(16)32(29,30)28-13-12-19-18(15-28)22(25-27(19)2)23-24-21(26-31-23)14-17-9-4-3-5-10-17/h3-11H,12-15H2,1-2H3. The average molecular weight is 450 g/mol. The summed E-state index contributed by atoms with van der Waals surface area (Å²) in [4.78, 5) is 4.87. The molecule has 0 unspecified atom stereocenters. The van der Waals surface area contributed by atoms with Gasteiger partial charge in [0, 0.05) is 44.2 Å². The molecule has 0 radical (unpaired) electrons. The number of hydrogen-bond acceptors (Lipinski definition) is 6. The van der Waals surface area contributed by atoms with Crippen LogP contribution in [0.4, 0.5) is 0 Å². The monoisotopic (exact) mass is 449 g/mol. The van der Waals surface area contributed by atoms with Gasteiger partial charge in [0.1, 0.15) is 0 Å². The van der Waals surface area contributed by atoms with E-state index in [1.54, 1.807) is 16.8 Å². The third kappa shape index (κ3) is 3.63. The fraction of sp³-hybridized carbons (Fsp3) is 0.261. The molecule has 5 rings (SSSR count). The summed E-state index contributed by atoms with van der Waals surface area (Å²) >= 11 is 0. The van der Waals surface area contributed by atoms with Crippen LogP contribution in [0.2, 0.25) is 0 Å². The molecule has 0 aliphatic carbocycles. The van der Waals surface area contributed by atoms with Gasteiger partial charge in [0.25, 0.3) is 5.89 Å². The average Bonchev–Trinajstić information content (AvgIpc) is 3.38. The molecule has 0 bridgehead atoms. The van der Waals surface area contributed by atoms with Crippen LogP contribution >= 0.6 is 0 Å². The summed E-state index contributed by atoms with van der Waals surface area (Å²) in [5.41, 5.74) is 4.15. The van der Waals surface area contributed by atoms with Crippen LogP contribution < -0.4 is 0 Å². The Bertz CT molecular complexity index is 1380. The van der Waals surface area contributed by atoms with Crippen LogP contribution in [0.3, 0.4) is 0 Å². The predicted octanol–water partition coefficient (Wildman–Crippen LogP) is 3.12. The zero-order valence-electron chi connectivity index (χ0n) is 17.9. The minimum atomic E-state index is -3.63. The van der Waals surface area contributed by atoms with Crippen molar-refractivity contribution in [1.82, 2.24) is 24.2 Å². The van der Waals surface area contributed by atoms with E-state index in [0.29, 0.717) is 41.7 Å². The fourth-order valence-electron chi connectivity index (χ4n) is 4.13. The number of nitrogens with zero attached hydrogens (tertiary/aromatic N) is 5. The van der Waals surface area contributed by atoms with Crippen LogP contribution in [-0.4, -0.2) is 39.2 Å². The lowest BCUT2D eigenvalue weighted by Crippen LogP contribution is -2.36. The number of hydrogen-bond donors (Lipinski definition) is 0. The van der Waals surface area contributed by atoms with Crippen molar-refractivity contribution in [3.05, 3.63) is 82.8 Å². The molecule has 2 aromatic carbocycles. The second-order valence-corrected chi connectivity index (χ2v) is 9.84. The number of aromatic nitrogens is 4.